The molecule has 16 heteroatoms. The Morgan fingerprint density at radius 1 is 1.16 bits per heavy atom. The van der Waals surface area contributed by atoms with Gasteiger partial charge < -0.3 is 0 Å². The van der Waals surface area contributed by atoms with Crippen molar-refractivity contribution in [3.8, 4) is 5.69 Å². The molecule has 0 amide bonds. The maximum atomic E-state index is 14.4. The monoisotopic (exact) mass is 649 g/mol. The Morgan fingerprint density at radius 3 is 2.50 bits per heavy atom. The third-order valence-corrected chi connectivity index (χ3v) is 11.0. The molecular weight excluding hydrogens is 622 g/mol. The van der Waals surface area contributed by atoms with Crippen molar-refractivity contribution in [1.82, 2.24) is 33.8 Å². The molecule has 44 heavy (non-hydrogen) atoms. The van der Waals surface area contributed by atoms with E-state index in [9.17, 15) is 30.8 Å². The summed E-state index contributed by atoms with van der Waals surface area (Å²) in [5.41, 5.74) is 1.16. The van der Waals surface area contributed by atoms with E-state index in [1.807, 2.05) is 0 Å². The summed E-state index contributed by atoms with van der Waals surface area (Å²) in [4.78, 5) is 21.2. The average molecular weight is 650 g/mol. The number of aryl methyl sites for hydroxylation is 1. The molecule has 0 unspecified atom stereocenters. The number of alkyl halides is 3. The number of carbonyl (C=O) groups is 1. The first-order chi connectivity index (χ1) is 20.7. The van der Waals surface area contributed by atoms with E-state index in [4.69, 9.17) is 0 Å². The maximum absolute atomic E-state index is 14.4. The molecule has 2 aliphatic carbocycles. The lowest BCUT2D eigenvalue weighted by molar-refractivity contribution is -0.134. The summed E-state index contributed by atoms with van der Waals surface area (Å²) in [5.74, 6) is -1.02. The molecule has 0 bridgehead atoms. The molecule has 0 aliphatic heterocycles. The van der Waals surface area contributed by atoms with E-state index in [2.05, 4.69) is 20.2 Å². The summed E-state index contributed by atoms with van der Waals surface area (Å²) < 4.78 is 85.9. The quantitative estimate of drug-likeness (QED) is 0.203. The SMILES string of the molecule is CC(C)N([C@H]1CCC2=Cc3c(cnn3-c3ccc(F)cc3)C[C@]2(C(=O)c2ncc(C(F)(F)F)s2)C1)S(=O)(=O)c1ncn(C)n1. The predicted octanol–water partition coefficient (Wildman–Crippen LogP) is 5.08. The number of allylic oxidation sites excluding steroid dienone is 1. The zero-order valence-electron chi connectivity index (χ0n) is 23.8. The van der Waals surface area contributed by atoms with Gasteiger partial charge in [0.15, 0.2) is 5.01 Å². The number of ketones is 1. The third kappa shape index (κ3) is 5.07. The molecule has 1 saturated carbocycles. The van der Waals surface area contributed by atoms with E-state index in [1.165, 1.54) is 27.4 Å². The van der Waals surface area contributed by atoms with E-state index in [0.29, 0.717) is 35.1 Å². The lowest BCUT2D eigenvalue weighted by Crippen LogP contribution is -2.52. The van der Waals surface area contributed by atoms with Crippen molar-refractivity contribution in [2.45, 2.75) is 62.9 Å². The third-order valence-electron chi connectivity index (χ3n) is 8.08. The van der Waals surface area contributed by atoms with Gasteiger partial charge >= 0.3 is 6.18 Å². The summed E-state index contributed by atoms with van der Waals surface area (Å²) in [6, 6.07) is 4.50. The zero-order valence-corrected chi connectivity index (χ0v) is 25.4. The van der Waals surface area contributed by atoms with Gasteiger partial charge in [-0.15, -0.1) is 16.4 Å². The van der Waals surface area contributed by atoms with Crippen LogP contribution < -0.4 is 0 Å². The molecule has 0 spiro atoms. The van der Waals surface area contributed by atoms with Crippen LogP contribution >= 0.6 is 11.3 Å². The second kappa shape index (κ2) is 10.7. The molecule has 2 atom stereocenters. The number of nitrogens with zero attached hydrogens (tertiary/aromatic N) is 7. The first-order valence-corrected chi connectivity index (χ1v) is 16.0. The minimum absolute atomic E-state index is 0.00398. The number of rotatable bonds is 7. The number of Topliss-reactive ketones (excluding diaryl/α,β-unsaturated/α-hetero) is 1. The van der Waals surface area contributed by atoms with Gasteiger partial charge in [-0.1, -0.05) is 5.57 Å². The van der Waals surface area contributed by atoms with E-state index in [1.54, 1.807) is 50.0 Å². The Morgan fingerprint density at radius 2 is 1.89 bits per heavy atom. The summed E-state index contributed by atoms with van der Waals surface area (Å²) >= 11 is 0.274. The van der Waals surface area contributed by atoms with Gasteiger partial charge in [-0.25, -0.2) is 27.5 Å². The van der Waals surface area contributed by atoms with Crippen molar-refractivity contribution in [1.29, 1.82) is 0 Å². The Labute approximate surface area is 254 Å². The van der Waals surface area contributed by atoms with Crippen molar-refractivity contribution in [3.05, 3.63) is 75.5 Å². The molecule has 232 valence electrons. The van der Waals surface area contributed by atoms with Gasteiger partial charge in [0.05, 0.1) is 29.2 Å². The highest BCUT2D eigenvalue weighted by molar-refractivity contribution is 7.89. The van der Waals surface area contributed by atoms with Crippen LogP contribution in [0, 0.1) is 11.2 Å². The second-order valence-corrected chi connectivity index (χ2v) is 14.0. The lowest BCUT2D eigenvalue weighted by atomic mass is 9.61. The number of sulfonamides is 1. The van der Waals surface area contributed by atoms with E-state index in [-0.39, 0.29) is 40.8 Å². The van der Waals surface area contributed by atoms with Crippen LogP contribution in [0.25, 0.3) is 11.8 Å². The number of hydrogen-bond donors (Lipinski definition) is 0. The standard InChI is InChI=1S/C28H27F4N7O3S2/c1-16(2)39(44(41,42)26-34-15-37(3)36-26)21-7-4-18-10-22-17(13-35-38(22)20-8-5-19(29)6-9-20)11-27(18,12-21)24(40)25-33-14-23(43-25)28(30,31)32/h5-6,8-10,13-16,21H,4,7,11-12H2,1-3H3/t21-,27-/m0/s1. The lowest BCUT2D eigenvalue weighted by Gasteiger charge is -2.46. The molecule has 0 saturated heterocycles. The highest BCUT2D eigenvalue weighted by Gasteiger charge is 2.53. The summed E-state index contributed by atoms with van der Waals surface area (Å²) in [6.45, 7) is 3.42. The molecule has 4 aromatic rings. The fourth-order valence-corrected chi connectivity index (χ4v) is 8.78. The largest absolute Gasteiger partial charge is 0.427 e. The normalized spacial score (nSPS) is 20.5. The molecule has 3 heterocycles. The Balaban J connectivity index is 1.45. The number of benzene rings is 1. The maximum Gasteiger partial charge on any atom is 0.427 e. The van der Waals surface area contributed by atoms with Crippen LogP contribution in [0.1, 0.15) is 59.0 Å². The topological polar surface area (TPSA) is 116 Å². The minimum Gasteiger partial charge on any atom is -0.290 e. The van der Waals surface area contributed by atoms with E-state index in [0.717, 1.165) is 0 Å². The first kappa shape index (κ1) is 30.3. The average Bonchev–Trinajstić information content (AvgIpc) is 3.71. The first-order valence-electron chi connectivity index (χ1n) is 13.7. The van der Waals surface area contributed by atoms with Crippen LogP contribution in [0.2, 0.25) is 0 Å². The zero-order chi connectivity index (χ0) is 31.6. The van der Waals surface area contributed by atoms with Crippen molar-refractivity contribution in [2.24, 2.45) is 12.5 Å². The predicted molar refractivity (Wildman–Crippen MR) is 152 cm³/mol. The molecule has 0 radical (unpaired) electrons. The van der Waals surface area contributed by atoms with Gasteiger partial charge in [-0.05, 0) is 75.4 Å². The molecule has 10 nitrogen and oxygen atoms in total. The molecule has 0 N–H and O–H groups in total. The number of aromatic nitrogens is 6. The number of carbonyl (C=O) groups excluding carboxylic acids is 1. The molecule has 6 rings (SSSR count). The van der Waals surface area contributed by atoms with Crippen LogP contribution in [0.5, 0.6) is 0 Å². The Kier molecular flexibility index (Phi) is 7.36. The van der Waals surface area contributed by atoms with Crippen molar-refractivity contribution < 1.29 is 30.8 Å². The van der Waals surface area contributed by atoms with Gasteiger partial charge in [-0.2, -0.15) is 22.6 Å². The Hall–Kier alpha value is -3.76. The van der Waals surface area contributed by atoms with Crippen LogP contribution in [0.4, 0.5) is 17.6 Å². The fraction of sp³-hybridized carbons (Fsp3) is 0.393. The smallest absolute Gasteiger partial charge is 0.290 e. The van der Waals surface area contributed by atoms with Crippen LogP contribution in [-0.4, -0.2) is 60.1 Å². The molecule has 2 aliphatic rings. The number of halogens is 4. The molecular formula is C28H27F4N7O3S2. The number of hydrogen-bond acceptors (Lipinski definition) is 8. The van der Waals surface area contributed by atoms with Gasteiger partial charge in [-0.3, -0.25) is 9.48 Å². The highest BCUT2D eigenvalue weighted by Crippen LogP contribution is 2.52. The fourth-order valence-electron chi connectivity index (χ4n) is 6.23. The van der Waals surface area contributed by atoms with Crippen LogP contribution in [0.3, 0.4) is 0 Å². The summed E-state index contributed by atoms with van der Waals surface area (Å²) in [7, 11) is -2.65. The summed E-state index contributed by atoms with van der Waals surface area (Å²) in [6.07, 6.45) is 1.34. The number of thiazole rings is 1. The van der Waals surface area contributed by atoms with Gasteiger partial charge in [0.1, 0.15) is 17.0 Å². The highest BCUT2D eigenvalue weighted by atomic mass is 32.2. The van der Waals surface area contributed by atoms with Crippen LogP contribution in [-0.2, 0) is 29.7 Å². The second-order valence-electron chi connectivity index (χ2n) is 11.3. The van der Waals surface area contributed by atoms with Crippen molar-refractivity contribution >= 4 is 33.2 Å². The van der Waals surface area contributed by atoms with Gasteiger partial charge in [0, 0.05) is 19.1 Å². The number of fused-ring (bicyclic) bond motifs is 2. The summed E-state index contributed by atoms with van der Waals surface area (Å²) in [5, 5.41) is 7.79. The van der Waals surface area contributed by atoms with Gasteiger partial charge in [0.2, 0.25) is 5.78 Å². The van der Waals surface area contributed by atoms with Crippen molar-refractivity contribution in [2.75, 3.05) is 0 Å². The van der Waals surface area contributed by atoms with Gasteiger partial charge in [0.25, 0.3) is 15.2 Å². The molecule has 1 fully saturated rings. The minimum atomic E-state index is -4.67. The molecule has 1 aromatic carbocycles. The molecule has 3 aromatic heterocycles. The van der Waals surface area contributed by atoms with E-state index < -0.39 is 50.2 Å². The van der Waals surface area contributed by atoms with E-state index >= 15 is 0 Å². The van der Waals surface area contributed by atoms with Crippen molar-refractivity contribution in [3.63, 3.8) is 0 Å². The van der Waals surface area contributed by atoms with Crippen LogP contribution in [0.15, 0.2) is 53.7 Å². The Bertz CT molecular complexity index is 1880.